The van der Waals surface area contributed by atoms with Gasteiger partial charge in [0, 0.05) is 16.6 Å². The smallest absolute Gasteiger partial charge is 0.233 e. The topological polar surface area (TPSA) is 106 Å². The molecule has 5 rings (SSSR count). The Morgan fingerprint density at radius 3 is 2.67 bits per heavy atom. The lowest BCUT2D eigenvalue weighted by Crippen LogP contribution is -2.21. The van der Waals surface area contributed by atoms with Crippen molar-refractivity contribution in [3.05, 3.63) is 47.7 Å². The number of hydrogen-bond donors (Lipinski definition) is 2. The van der Waals surface area contributed by atoms with Gasteiger partial charge < -0.3 is 10.1 Å². The minimum atomic E-state index is -1.10. The van der Waals surface area contributed by atoms with Crippen molar-refractivity contribution in [3.8, 4) is 17.1 Å². The van der Waals surface area contributed by atoms with Gasteiger partial charge >= 0.3 is 0 Å². The van der Waals surface area contributed by atoms with Crippen LogP contribution in [0.3, 0.4) is 0 Å². The van der Waals surface area contributed by atoms with Crippen LogP contribution in [0.1, 0.15) is 50.6 Å². The van der Waals surface area contributed by atoms with Crippen LogP contribution in [0.15, 0.2) is 42.0 Å². The summed E-state index contributed by atoms with van der Waals surface area (Å²) < 4.78 is 20.8. The molecule has 2 fully saturated rings. The van der Waals surface area contributed by atoms with E-state index >= 15 is 0 Å². The van der Waals surface area contributed by atoms with E-state index in [2.05, 4.69) is 25.0 Å². The summed E-state index contributed by atoms with van der Waals surface area (Å²) in [4.78, 5) is 26.2. The molecule has 1 aromatic carbocycles. The van der Waals surface area contributed by atoms with Crippen LogP contribution in [-0.4, -0.2) is 36.4 Å². The van der Waals surface area contributed by atoms with E-state index in [0.29, 0.717) is 28.8 Å². The lowest BCUT2D eigenvalue weighted by molar-refractivity contribution is -0.117. The molecule has 0 spiro atoms. The summed E-state index contributed by atoms with van der Waals surface area (Å²) in [6, 6.07) is 7.50. The average Bonchev–Trinajstić information content (AvgIpc) is 3.75. The van der Waals surface area contributed by atoms with E-state index in [1.54, 1.807) is 12.4 Å². The zero-order valence-corrected chi connectivity index (χ0v) is 19.8. The van der Waals surface area contributed by atoms with Crippen molar-refractivity contribution in [1.29, 1.82) is 0 Å². The molecule has 2 aliphatic rings. The molecule has 0 radical (unpaired) electrons. The standard InChI is InChI=1S/C23H25N5O3S2/c1-2-18(20-13-32-23(27-20)28-33(30)17-9-10-17)22(29)25-15-5-3-14(4-6-15)19-11-24-12-21(26-19)31-16-7-8-16/h3-6,11-13,16-18H,2,7-10H2,1H3,(H,25,29)(H,27,28). The molecule has 2 saturated carbocycles. The number of nitrogens with zero attached hydrogens (tertiary/aromatic N) is 3. The number of benzene rings is 1. The Morgan fingerprint density at radius 1 is 1.18 bits per heavy atom. The summed E-state index contributed by atoms with van der Waals surface area (Å²) in [5.41, 5.74) is 3.01. The second-order valence-corrected chi connectivity index (χ2v) is 10.6. The second kappa shape index (κ2) is 9.56. The maximum Gasteiger partial charge on any atom is 0.233 e. The first-order valence-electron chi connectivity index (χ1n) is 11.1. The molecule has 33 heavy (non-hydrogen) atoms. The highest BCUT2D eigenvalue weighted by molar-refractivity contribution is 7.87. The molecule has 0 bridgehead atoms. The molecule has 0 saturated heterocycles. The van der Waals surface area contributed by atoms with Crippen LogP contribution in [0.5, 0.6) is 5.88 Å². The molecular formula is C23H25N5O3S2. The molecule has 0 aliphatic heterocycles. The SMILES string of the molecule is CCC(C(=O)Nc1ccc(-c2cncc(OC3CC3)n2)cc1)c1csc(NS(=O)C2CC2)n1. The fraction of sp³-hybridized carbons (Fsp3) is 0.391. The van der Waals surface area contributed by atoms with Crippen LogP contribution in [0.4, 0.5) is 10.8 Å². The minimum absolute atomic E-state index is 0.120. The Morgan fingerprint density at radius 2 is 1.97 bits per heavy atom. The monoisotopic (exact) mass is 483 g/mol. The van der Waals surface area contributed by atoms with Crippen LogP contribution in [-0.2, 0) is 15.8 Å². The molecular weight excluding hydrogens is 458 g/mol. The van der Waals surface area contributed by atoms with Crippen molar-refractivity contribution >= 4 is 39.0 Å². The third-order valence-corrected chi connectivity index (χ3v) is 7.87. The van der Waals surface area contributed by atoms with Crippen molar-refractivity contribution in [2.45, 2.75) is 56.3 Å². The van der Waals surface area contributed by atoms with Gasteiger partial charge in [-0.15, -0.1) is 11.3 Å². The summed E-state index contributed by atoms with van der Waals surface area (Å²) >= 11 is 1.38. The maximum atomic E-state index is 12.9. The van der Waals surface area contributed by atoms with Gasteiger partial charge in [-0.3, -0.25) is 14.5 Å². The Labute approximate surface area is 198 Å². The van der Waals surface area contributed by atoms with E-state index < -0.39 is 11.0 Å². The maximum absolute atomic E-state index is 12.9. The van der Waals surface area contributed by atoms with E-state index in [9.17, 15) is 9.00 Å². The fourth-order valence-electron chi connectivity index (χ4n) is 3.33. The van der Waals surface area contributed by atoms with Crippen LogP contribution < -0.4 is 14.8 Å². The van der Waals surface area contributed by atoms with E-state index in [4.69, 9.17) is 4.74 Å². The highest BCUT2D eigenvalue weighted by atomic mass is 32.2. The first kappa shape index (κ1) is 22.0. The second-order valence-electron chi connectivity index (χ2n) is 8.26. The quantitative estimate of drug-likeness (QED) is 0.439. The van der Waals surface area contributed by atoms with Crippen molar-refractivity contribution in [2.24, 2.45) is 0 Å². The predicted octanol–water partition coefficient (Wildman–Crippen LogP) is 4.51. The molecule has 2 atom stereocenters. The van der Waals surface area contributed by atoms with Gasteiger partial charge in [0.05, 0.1) is 34.9 Å². The molecule has 10 heteroatoms. The van der Waals surface area contributed by atoms with Gasteiger partial charge in [-0.1, -0.05) is 19.1 Å². The highest BCUT2D eigenvalue weighted by Crippen LogP contribution is 2.31. The molecule has 2 aliphatic carbocycles. The van der Waals surface area contributed by atoms with Gasteiger partial charge in [0.15, 0.2) is 5.13 Å². The summed E-state index contributed by atoms with van der Waals surface area (Å²) in [5.74, 6) is 0.0363. The lowest BCUT2D eigenvalue weighted by Gasteiger charge is -2.13. The number of carbonyl (C=O) groups excluding carboxylic acids is 1. The Kier molecular flexibility index (Phi) is 6.37. The van der Waals surface area contributed by atoms with Gasteiger partial charge in [0.1, 0.15) is 17.1 Å². The molecule has 2 aromatic heterocycles. The van der Waals surface area contributed by atoms with E-state index in [-0.39, 0.29) is 23.2 Å². The zero-order chi connectivity index (χ0) is 22.8. The first-order valence-corrected chi connectivity index (χ1v) is 13.2. The number of thiazole rings is 1. The number of carbonyl (C=O) groups is 1. The number of amides is 1. The van der Waals surface area contributed by atoms with Crippen LogP contribution >= 0.6 is 11.3 Å². The Hall–Kier alpha value is -2.85. The van der Waals surface area contributed by atoms with E-state index in [1.807, 2.05) is 36.6 Å². The number of hydrogen-bond acceptors (Lipinski definition) is 7. The van der Waals surface area contributed by atoms with Gasteiger partial charge in [-0.25, -0.2) is 14.2 Å². The number of ether oxygens (including phenoxy) is 1. The number of rotatable bonds is 10. The molecule has 2 N–H and O–H groups in total. The summed E-state index contributed by atoms with van der Waals surface area (Å²) in [5, 5.41) is 5.66. The Bertz CT molecular complexity index is 1160. The highest BCUT2D eigenvalue weighted by Gasteiger charge is 2.29. The Balaban J connectivity index is 1.22. The fourth-order valence-corrected chi connectivity index (χ4v) is 5.32. The lowest BCUT2D eigenvalue weighted by atomic mass is 10.0. The largest absolute Gasteiger partial charge is 0.473 e. The summed E-state index contributed by atoms with van der Waals surface area (Å²) in [6.45, 7) is 1.96. The molecule has 2 unspecified atom stereocenters. The molecule has 1 amide bonds. The number of anilines is 2. The van der Waals surface area contributed by atoms with Crippen molar-refractivity contribution < 1.29 is 13.7 Å². The molecule has 172 valence electrons. The van der Waals surface area contributed by atoms with Crippen molar-refractivity contribution in [2.75, 3.05) is 10.0 Å². The van der Waals surface area contributed by atoms with Gasteiger partial charge in [0.25, 0.3) is 0 Å². The minimum Gasteiger partial charge on any atom is -0.473 e. The predicted molar refractivity (Wildman–Crippen MR) is 130 cm³/mol. The van der Waals surface area contributed by atoms with Gasteiger partial charge in [-0.2, -0.15) is 0 Å². The van der Waals surface area contributed by atoms with Gasteiger partial charge in [0.2, 0.25) is 11.8 Å². The van der Waals surface area contributed by atoms with Crippen LogP contribution in [0, 0.1) is 0 Å². The number of nitrogens with one attached hydrogen (secondary N) is 2. The van der Waals surface area contributed by atoms with Crippen LogP contribution in [0.25, 0.3) is 11.3 Å². The van der Waals surface area contributed by atoms with E-state index in [0.717, 1.165) is 36.9 Å². The normalized spacial score (nSPS) is 17.2. The number of aromatic nitrogens is 3. The summed E-state index contributed by atoms with van der Waals surface area (Å²) in [7, 11) is -1.10. The first-order chi connectivity index (χ1) is 16.1. The average molecular weight is 484 g/mol. The van der Waals surface area contributed by atoms with Gasteiger partial charge in [-0.05, 0) is 44.2 Å². The van der Waals surface area contributed by atoms with E-state index in [1.165, 1.54) is 11.3 Å². The van der Waals surface area contributed by atoms with Crippen molar-refractivity contribution in [1.82, 2.24) is 15.0 Å². The third kappa shape index (κ3) is 5.56. The summed E-state index contributed by atoms with van der Waals surface area (Å²) in [6.07, 6.45) is 8.32. The third-order valence-electron chi connectivity index (χ3n) is 5.49. The molecule has 8 nitrogen and oxygen atoms in total. The van der Waals surface area contributed by atoms with Crippen molar-refractivity contribution in [3.63, 3.8) is 0 Å². The zero-order valence-electron chi connectivity index (χ0n) is 18.2. The van der Waals surface area contributed by atoms with Crippen LogP contribution in [0.2, 0.25) is 0 Å². The molecule has 2 heterocycles. The molecule has 3 aromatic rings.